The van der Waals surface area contributed by atoms with Crippen molar-refractivity contribution in [3.63, 3.8) is 0 Å². The van der Waals surface area contributed by atoms with Gasteiger partial charge in [0, 0.05) is 31.7 Å². The first-order valence-electron chi connectivity index (χ1n) is 5.33. The largest absolute Gasteiger partial charge is 0.462 e. The van der Waals surface area contributed by atoms with Gasteiger partial charge in [-0.05, 0) is 25.1 Å². The smallest absolute Gasteiger partial charge is 0.246 e. The lowest BCUT2D eigenvalue weighted by Crippen LogP contribution is -2.50. The van der Waals surface area contributed by atoms with Gasteiger partial charge >= 0.3 is 0 Å². The molecule has 1 aliphatic heterocycles. The predicted octanol–water partition coefficient (Wildman–Crippen LogP) is 1.05. The first-order valence-corrected chi connectivity index (χ1v) is 5.33. The Morgan fingerprint density at radius 1 is 1.62 bits per heavy atom. The first kappa shape index (κ1) is 11.0. The number of aryl methyl sites for hydroxylation is 1. The monoisotopic (exact) mass is 221 g/mol. The molecule has 1 N–H and O–H groups in total. The first-order chi connectivity index (χ1) is 7.69. The molecule has 0 bridgehead atoms. The fraction of sp³-hybridized carbons (Fsp3) is 0.417. The minimum atomic E-state index is -0.0289. The van der Waals surface area contributed by atoms with Gasteiger partial charge < -0.3 is 14.4 Å². The van der Waals surface area contributed by atoms with E-state index >= 15 is 0 Å². The van der Waals surface area contributed by atoms with Crippen LogP contribution in [-0.2, 0) is 4.79 Å². The molecule has 2 heterocycles. The fourth-order valence-electron chi connectivity index (χ4n) is 1.67. The molecule has 86 valence electrons. The summed E-state index contributed by atoms with van der Waals surface area (Å²) in [5.74, 6) is 1.74. The van der Waals surface area contributed by atoms with Crippen molar-refractivity contribution in [3.8, 4) is 0 Å². The topological polar surface area (TPSA) is 53.7 Å². The Bertz CT molecular complexity index is 402. The number of hydrogen-bond acceptors (Lipinski definition) is 3. The molecule has 1 aromatic heterocycles. The highest BCUT2D eigenvalue weighted by atomic mass is 16.3. The predicted molar refractivity (Wildman–Crippen MR) is 59.6 cm³/mol. The fourth-order valence-corrected chi connectivity index (χ4v) is 1.67. The molecule has 1 saturated heterocycles. The van der Waals surface area contributed by atoms with Crippen LogP contribution in [0, 0.1) is 12.8 Å². The van der Waals surface area contributed by atoms with Crippen LogP contribution in [0.25, 0.3) is 6.08 Å². The van der Waals surface area contributed by atoms with Crippen molar-refractivity contribution < 1.29 is 14.3 Å². The lowest BCUT2D eigenvalue weighted by molar-refractivity contribution is -0.132. The maximum absolute atomic E-state index is 11.6. The van der Waals surface area contributed by atoms with Crippen LogP contribution < -0.4 is 0 Å². The minimum Gasteiger partial charge on any atom is -0.462 e. The Morgan fingerprint density at radius 3 is 2.94 bits per heavy atom. The van der Waals surface area contributed by atoms with Gasteiger partial charge in [-0.25, -0.2) is 0 Å². The average molecular weight is 221 g/mol. The van der Waals surface area contributed by atoms with Crippen LogP contribution in [-0.4, -0.2) is 35.6 Å². The third kappa shape index (κ3) is 2.33. The van der Waals surface area contributed by atoms with Crippen molar-refractivity contribution in [1.82, 2.24) is 4.90 Å². The van der Waals surface area contributed by atoms with Gasteiger partial charge in [0.1, 0.15) is 11.5 Å². The Hall–Kier alpha value is -1.55. The molecule has 1 aromatic rings. The maximum Gasteiger partial charge on any atom is 0.246 e. The summed E-state index contributed by atoms with van der Waals surface area (Å²) < 4.78 is 5.31. The second kappa shape index (κ2) is 4.53. The minimum absolute atomic E-state index is 0.0289. The number of amides is 1. The van der Waals surface area contributed by atoms with Gasteiger partial charge in [0.2, 0.25) is 5.91 Å². The summed E-state index contributed by atoms with van der Waals surface area (Å²) in [6, 6.07) is 3.68. The molecule has 4 heteroatoms. The van der Waals surface area contributed by atoms with Gasteiger partial charge in [-0.1, -0.05) is 0 Å². The number of aliphatic hydroxyl groups excluding tert-OH is 1. The van der Waals surface area contributed by atoms with Gasteiger partial charge in [0.25, 0.3) is 0 Å². The molecule has 0 saturated carbocycles. The number of hydrogen-bond donors (Lipinski definition) is 1. The Kier molecular flexibility index (Phi) is 3.10. The van der Waals surface area contributed by atoms with E-state index < -0.39 is 0 Å². The average Bonchev–Trinajstić information content (AvgIpc) is 2.60. The van der Waals surface area contributed by atoms with E-state index in [1.807, 2.05) is 19.1 Å². The number of aliphatic hydroxyl groups is 1. The van der Waals surface area contributed by atoms with E-state index in [2.05, 4.69) is 0 Å². The zero-order valence-corrected chi connectivity index (χ0v) is 9.22. The molecule has 0 aromatic carbocycles. The van der Waals surface area contributed by atoms with Crippen LogP contribution in [0.15, 0.2) is 22.6 Å². The Morgan fingerprint density at radius 2 is 2.38 bits per heavy atom. The normalized spacial score (nSPS) is 16.8. The van der Waals surface area contributed by atoms with Gasteiger partial charge in [-0.15, -0.1) is 0 Å². The van der Waals surface area contributed by atoms with E-state index in [1.54, 1.807) is 11.0 Å². The second-order valence-electron chi connectivity index (χ2n) is 4.07. The zero-order chi connectivity index (χ0) is 11.5. The molecular formula is C12H15NO3. The molecule has 4 nitrogen and oxygen atoms in total. The molecule has 0 aliphatic carbocycles. The van der Waals surface area contributed by atoms with Crippen molar-refractivity contribution in [3.05, 3.63) is 29.7 Å². The molecule has 0 unspecified atom stereocenters. The Balaban J connectivity index is 1.86. The summed E-state index contributed by atoms with van der Waals surface area (Å²) in [5.41, 5.74) is 0. The third-order valence-corrected chi connectivity index (χ3v) is 2.68. The zero-order valence-electron chi connectivity index (χ0n) is 9.22. The summed E-state index contributed by atoms with van der Waals surface area (Å²) >= 11 is 0. The summed E-state index contributed by atoms with van der Waals surface area (Å²) in [6.07, 6.45) is 3.17. The van der Waals surface area contributed by atoms with Gasteiger partial charge in [0.15, 0.2) is 0 Å². The third-order valence-electron chi connectivity index (χ3n) is 2.68. The summed E-state index contributed by atoms with van der Waals surface area (Å²) in [5, 5.41) is 8.83. The van der Waals surface area contributed by atoms with Gasteiger partial charge in [-0.3, -0.25) is 4.79 Å². The van der Waals surface area contributed by atoms with Crippen molar-refractivity contribution >= 4 is 12.0 Å². The van der Waals surface area contributed by atoms with E-state index in [9.17, 15) is 4.79 Å². The summed E-state index contributed by atoms with van der Waals surface area (Å²) in [4.78, 5) is 13.3. The van der Waals surface area contributed by atoms with E-state index in [4.69, 9.17) is 9.52 Å². The maximum atomic E-state index is 11.6. The highest BCUT2D eigenvalue weighted by molar-refractivity contribution is 5.91. The number of likely N-dealkylation sites (tertiary alicyclic amines) is 1. The highest BCUT2D eigenvalue weighted by Gasteiger charge is 2.28. The van der Waals surface area contributed by atoms with Crippen molar-refractivity contribution in [2.45, 2.75) is 6.92 Å². The van der Waals surface area contributed by atoms with Crippen molar-refractivity contribution in [1.29, 1.82) is 0 Å². The molecule has 1 aliphatic rings. The number of carbonyl (C=O) groups excluding carboxylic acids is 1. The van der Waals surface area contributed by atoms with Crippen molar-refractivity contribution in [2.75, 3.05) is 19.7 Å². The lowest BCUT2D eigenvalue weighted by Gasteiger charge is -2.37. The number of carbonyl (C=O) groups is 1. The van der Waals surface area contributed by atoms with Crippen LogP contribution in [0.4, 0.5) is 0 Å². The molecule has 1 fully saturated rings. The molecule has 0 atom stereocenters. The summed E-state index contributed by atoms with van der Waals surface area (Å²) in [7, 11) is 0. The molecule has 16 heavy (non-hydrogen) atoms. The molecule has 0 spiro atoms. The van der Waals surface area contributed by atoms with Crippen LogP contribution in [0.1, 0.15) is 11.5 Å². The van der Waals surface area contributed by atoms with E-state index in [0.29, 0.717) is 18.8 Å². The van der Waals surface area contributed by atoms with Crippen molar-refractivity contribution in [2.24, 2.45) is 5.92 Å². The number of nitrogens with zero attached hydrogens (tertiary/aromatic N) is 1. The van der Waals surface area contributed by atoms with E-state index in [1.165, 1.54) is 6.08 Å². The Labute approximate surface area is 94.2 Å². The van der Waals surface area contributed by atoms with Gasteiger partial charge in [-0.2, -0.15) is 0 Å². The molecule has 1 amide bonds. The number of rotatable bonds is 3. The summed E-state index contributed by atoms with van der Waals surface area (Å²) in [6.45, 7) is 3.32. The molecule has 0 radical (unpaired) electrons. The van der Waals surface area contributed by atoms with E-state index in [0.717, 1.165) is 5.76 Å². The van der Waals surface area contributed by atoms with Crippen LogP contribution in [0.3, 0.4) is 0 Å². The molecular weight excluding hydrogens is 206 g/mol. The van der Waals surface area contributed by atoms with Crippen LogP contribution in [0.5, 0.6) is 0 Å². The second-order valence-corrected chi connectivity index (χ2v) is 4.07. The highest BCUT2D eigenvalue weighted by Crippen LogP contribution is 2.15. The van der Waals surface area contributed by atoms with Gasteiger partial charge in [0.05, 0.1) is 0 Å². The lowest BCUT2D eigenvalue weighted by atomic mass is 10.0. The number of furan rings is 1. The van der Waals surface area contributed by atoms with Crippen LogP contribution in [0.2, 0.25) is 0 Å². The quantitative estimate of drug-likeness (QED) is 0.776. The SMILES string of the molecule is Cc1ccc(C=CC(=O)N2CC(CO)C2)o1. The van der Waals surface area contributed by atoms with E-state index in [-0.39, 0.29) is 18.4 Å². The standard InChI is InChI=1S/C12H15NO3/c1-9-2-3-11(16-9)4-5-12(15)13-6-10(7-13)8-14/h2-5,10,14H,6-8H2,1H3. The molecule has 2 rings (SSSR count). The van der Waals surface area contributed by atoms with Crippen LogP contribution >= 0.6 is 0 Å².